The molecule has 0 aliphatic carbocycles. The number of H-pyrrole nitrogens is 1. The molecule has 0 radical (unpaired) electrons. The van der Waals surface area contributed by atoms with Crippen LogP contribution in [0.5, 0.6) is 0 Å². The number of nitrogens with zero attached hydrogens (tertiary/aromatic N) is 1. The summed E-state index contributed by atoms with van der Waals surface area (Å²) in [5.74, 6) is -2.72. The van der Waals surface area contributed by atoms with E-state index in [4.69, 9.17) is 5.11 Å². The first kappa shape index (κ1) is 11.8. The van der Waals surface area contributed by atoms with E-state index >= 15 is 0 Å². The normalized spacial score (nSPS) is 10.1. The molecule has 2 rings (SSSR count). The van der Waals surface area contributed by atoms with E-state index in [1.54, 1.807) is 6.07 Å². The summed E-state index contributed by atoms with van der Waals surface area (Å²) in [7, 11) is 0. The van der Waals surface area contributed by atoms with Crippen LogP contribution in [0.4, 0.5) is 10.1 Å². The molecule has 92 valence electrons. The maximum absolute atomic E-state index is 13.3. The molecule has 1 aromatic heterocycles. The number of carbonyl (C=O) groups is 2. The summed E-state index contributed by atoms with van der Waals surface area (Å²) in [6, 6.07) is 5.56. The molecule has 0 saturated heterocycles. The van der Waals surface area contributed by atoms with Gasteiger partial charge in [0, 0.05) is 0 Å². The summed E-state index contributed by atoms with van der Waals surface area (Å²) in [4.78, 5) is 28.4. The Morgan fingerprint density at radius 1 is 1.33 bits per heavy atom. The van der Waals surface area contributed by atoms with Crippen LogP contribution in [0.1, 0.15) is 21.0 Å². The van der Waals surface area contributed by atoms with Crippen molar-refractivity contribution in [3.63, 3.8) is 0 Å². The first-order chi connectivity index (χ1) is 8.59. The molecule has 0 aliphatic rings. The van der Waals surface area contributed by atoms with E-state index in [9.17, 15) is 14.0 Å². The average Bonchev–Trinajstić information content (AvgIpc) is 2.81. The zero-order chi connectivity index (χ0) is 13.1. The van der Waals surface area contributed by atoms with Crippen LogP contribution in [0, 0.1) is 5.82 Å². The molecule has 6 nitrogen and oxygen atoms in total. The number of hydrogen-bond acceptors (Lipinski definition) is 3. The van der Waals surface area contributed by atoms with E-state index in [1.165, 1.54) is 18.2 Å². The van der Waals surface area contributed by atoms with Crippen molar-refractivity contribution in [3.05, 3.63) is 47.8 Å². The summed E-state index contributed by atoms with van der Waals surface area (Å²) in [5.41, 5.74) is -0.684. The number of rotatable bonds is 3. The number of para-hydroxylation sites is 1. The lowest BCUT2D eigenvalue weighted by atomic mass is 10.2. The number of carbonyl (C=O) groups excluding carboxylic acids is 1. The number of aromatic amines is 1. The van der Waals surface area contributed by atoms with Gasteiger partial charge in [0.1, 0.15) is 5.82 Å². The number of carboxylic acid groups (broad SMARTS) is 1. The van der Waals surface area contributed by atoms with Gasteiger partial charge in [-0.15, -0.1) is 0 Å². The Morgan fingerprint density at radius 3 is 2.72 bits per heavy atom. The Kier molecular flexibility index (Phi) is 3.05. The van der Waals surface area contributed by atoms with E-state index in [0.717, 1.165) is 6.33 Å². The molecule has 0 bridgehead atoms. The summed E-state index contributed by atoms with van der Waals surface area (Å²) < 4.78 is 13.3. The zero-order valence-corrected chi connectivity index (χ0v) is 8.98. The van der Waals surface area contributed by atoms with Crippen LogP contribution in [0.2, 0.25) is 0 Å². The fraction of sp³-hybridized carbons (Fsp3) is 0. The number of hydrogen-bond donors (Lipinski definition) is 3. The number of anilines is 1. The molecule has 18 heavy (non-hydrogen) atoms. The highest BCUT2D eigenvalue weighted by molar-refractivity contribution is 6.08. The predicted molar refractivity (Wildman–Crippen MR) is 59.9 cm³/mol. The second-order valence-electron chi connectivity index (χ2n) is 3.37. The highest BCUT2D eigenvalue weighted by atomic mass is 19.1. The molecule has 0 fully saturated rings. The van der Waals surface area contributed by atoms with Gasteiger partial charge in [-0.2, -0.15) is 0 Å². The van der Waals surface area contributed by atoms with Crippen molar-refractivity contribution < 1.29 is 19.1 Å². The molecule has 1 aromatic carbocycles. The quantitative estimate of drug-likeness (QED) is 0.768. The molecule has 1 heterocycles. The maximum atomic E-state index is 13.3. The van der Waals surface area contributed by atoms with Crippen molar-refractivity contribution in [2.45, 2.75) is 0 Å². The highest BCUT2D eigenvalue weighted by Gasteiger charge is 2.20. The molecule has 1 amide bonds. The maximum Gasteiger partial charge on any atom is 0.354 e. The molecule has 3 N–H and O–H groups in total. The van der Waals surface area contributed by atoms with Crippen molar-refractivity contribution in [2.24, 2.45) is 0 Å². The minimum absolute atomic E-state index is 0.0400. The summed E-state index contributed by atoms with van der Waals surface area (Å²) >= 11 is 0. The monoisotopic (exact) mass is 249 g/mol. The van der Waals surface area contributed by atoms with Gasteiger partial charge in [0.05, 0.1) is 12.0 Å². The largest absolute Gasteiger partial charge is 0.477 e. The average molecular weight is 249 g/mol. The summed E-state index contributed by atoms with van der Waals surface area (Å²) in [5, 5.41) is 11.0. The van der Waals surface area contributed by atoms with Crippen molar-refractivity contribution in [3.8, 4) is 0 Å². The van der Waals surface area contributed by atoms with Crippen molar-refractivity contribution in [2.75, 3.05) is 5.32 Å². The molecule has 0 saturated carbocycles. The molecule has 0 aliphatic heterocycles. The minimum Gasteiger partial charge on any atom is -0.477 e. The van der Waals surface area contributed by atoms with E-state index in [1.807, 2.05) is 0 Å². The Morgan fingerprint density at radius 2 is 2.06 bits per heavy atom. The number of amides is 1. The lowest BCUT2D eigenvalue weighted by molar-refractivity contribution is 0.0686. The SMILES string of the molecule is O=C(Nc1ccccc1F)c1nc[nH]c1C(=O)O. The molecule has 7 heteroatoms. The van der Waals surface area contributed by atoms with Gasteiger partial charge in [-0.1, -0.05) is 12.1 Å². The Hall–Kier alpha value is -2.70. The van der Waals surface area contributed by atoms with Gasteiger partial charge in [-0.05, 0) is 12.1 Å². The molecular formula is C11H8FN3O3. The van der Waals surface area contributed by atoms with Gasteiger partial charge in [-0.3, -0.25) is 4.79 Å². The number of aromatic carboxylic acids is 1. The van der Waals surface area contributed by atoms with Gasteiger partial charge in [-0.25, -0.2) is 14.2 Å². The van der Waals surface area contributed by atoms with Crippen LogP contribution < -0.4 is 5.32 Å². The molecule has 0 unspecified atom stereocenters. The highest BCUT2D eigenvalue weighted by Crippen LogP contribution is 2.14. The lowest BCUT2D eigenvalue weighted by Gasteiger charge is -2.04. The van der Waals surface area contributed by atoms with Crippen LogP contribution in [0.3, 0.4) is 0 Å². The van der Waals surface area contributed by atoms with E-state index < -0.39 is 17.7 Å². The van der Waals surface area contributed by atoms with Gasteiger partial charge in [0.2, 0.25) is 0 Å². The van der Waals surface area contributed by atoms with Gasteiger partial charge in [0.15, 0.2) is 11.4 Å². The third kappa shape index (κ3) is 2.19. The number of aromatic nitrogens is 2. The van der Waals surface area contributed by atoms with Gasteiger partial charge in [0.25, 0.3) is 5.91 Å². The number of benzene rings is 1. The molecule has 2 aromatic rings. The second-order valence-corrected chi connectivity index (χ2v) is 3.37. The summed E-state index contributed by atoms with van der Waals surface area (Å²) in [6.45, 7) is 0. The van der Waals surface area contributed by atoms with E-state index in [2.05, 4.69) is 15.3 Å². The predicted octanol–water partition coefficient (Wildman–Crippen LogP) is 1.50. The van der Waals surface area contributed by atoms with Crippen molar-refractivity contribution in [1.82, 2.24) is 9.97 Å². The van der Waals surface area contributed by atoms with Crippen molar-refractivity contribution in [1.29, 1.82) is 0 Å². The smallest absolute Gasteiger partial charge is 0.354 e. The Labute approximate surface area is 100 Å². The first-order valence-corrected chi connectivity index (χ1v) is 4.92. The first-order valence-electron chi connectivity index (χ1n) is 4.92. The van der Waals surface area contributed by atoms with Gasteiger partial charge >= 0.3 is 5.97 Å². The van der Waals surface area contributed by atoms with Gasteiger partial charge < -0.3 is 15.4 Å². The lowest BCUT2D eigenvalue weighted by Crippen LogP contribution is -2.17. The number of nitrogens with one attached hydrogen (secondary N) is 2. The van der Waals surface area contributed by atoms with Crippen LogP contribution in [0.25, 0.3) is 0 Å². The number of halogens is 1. The van der Waals surface area contributed by atoms with Crippen LogP contribution in [-0.2, 0) is 0 Å². The Bertz CT molecular complexity index is 609. The standard InChI is InChI=1S/C11H8FN3O3/c12-6-3-1-2-4-7(6)15-10(16)8-9(11(17)18)14-5-13-8/h1-5H,(H,13,14)(H,15,16)(H,17,18). The van der Waals surface area contributed by atoms with Crippen LogP contribution >= 0.6 is 0 Å². The summed E-state index contributed by atoms with van der Waals surface area (Å²) in [6.07, 6.45) is 1.08. The topological polar surface area (TPSA) is 95.1 Å². The molecule has 0 spiro atoms. The number of imidazole rings is 1. The van der Waals surface area contributed by atoms with Crippen LogP contribution in [0.15, 0.2) is 30.6 Å². The third-order valence-corrected chi connectivity index (χ3v) is 2.19. The molecule has 0 atom stereocenters. The van der Waals surface area contributed by atoms with E-state index in [-0.39, 0.29) is 17.1 Å². The minimum atomic E-state index is -1.31. The Balaban J connectivity index is 2.25. The fourth-order valence-corrected chi connectivity index (χ4v) is 1.37. The van der Waals surface area contributed by atoms with Crippen LogP contribution in [-0.4, -0.2) is 27.0 Å². The number of carboxylic acids is 1. The fourth-order valence-electron chi connectivity index (χ4n) is 1.37. The second kappa shape index (κ2) is 4.66. The van der Waals surface area contributed by atoms with E-state index in [0.29, 0.717) is 0 Å². The van der Waals surface area contributed by atoms with Crippen molar-refractivity contribution >= 4 is 17.6 Å². The zero-order valence-electron chi connectivity index (χ0n) is 8.98. The molecular weight excluding hydrogens is 241 g/mol. The third-order valence-electron chi connectivity index (χ3n) is 2.19.